The van der Waals surface area contributed by atoms with E-state index in [4.69, 9.17) is 4.42 Å². The van der Waals surface area contributed by atoms with Crippen molar-refractivity contribution in [1.82, 2.24) is 9.62 Å². The molecular weight excluding hydrogens is 371 g/mol. The van der Waals surface area contributed by atoms with Crippen molar-refractivity contribution in [2.24, 2.45) is 0 Å². The third kappa shape index (κ3) is 4.17. The standard InChI is InChI=1S/C19H19FN2O4S/c1-13(18-11-14-5-3-4-6-17(14)26-18)21-19(23)12-22(2)27(24,25)16-9-7-15(20)8-10-16/h3-11,13H,12H2,1-2H3,(H,21,23)/t13-/m0/s1. The van der Waals surface area contributed by atoms with E-state index in [1.54, 1.807) is 6.92 Å². The Morgan fingerprint density at radius 1 is 1.19 bits per heavy atom. The Bertz CT molecular complexity index is 1030. The van der Waals surface area contributed by atoms with Crippen molar-refractivity contribution in [3.05, 3.63) is 66.2 Å². The van der Waals surface area contributed by atoms with Crippen molar-refractivity contribution in [3.8, 4) is 0 Å². The number of amides is 1. The molecule has 0 bridgehead atoms. The maximum absolute atomic E-state index is 13.0. The summed E-state index contributed by atoms with van der Waals surface area (Å²) < 4.78 is 44.5. The van der Waals surface area contributed by atoms with Crippen LogP contribution in [0.2, 0.25) is 0 Å². The summed E-state index contributed by atoms with van der Waals surface area (Å²) in [4.78, 5) is 12.2. The lowest BCUT2D eigenvalue weighted by atomic mass is 10.2. The number of carbonyl (C=O) groups is 1. The number of carbonyl (C=O) groups excluding carboxylic acids is 1. The predicted octanol–water partition coefficient (Wildman–Crippen LogP) is 3.07. The quantitative estimate of drug-likeness (QED) is 0.702. The molecule has 1 atom stereocenters. The van der Waals surface area contributed by atoms with E-state index in [2.05, 4.69) is 5.32 Å². The maximum Gasteiger partial charge on any atom is 0.243 e. The SMILES string of the molecule is C[C@H](NC(=O)CN(C)S(=O)(=O)c1ccc(F)cc1)c1cc2ccccc2o1. The topological polar surface area (TPSA) is 79.6 Å². The second-order valence-corrected chi connectivity index (χ2v) is 8.24. The lowest BCUT2D eigenvalue weighted by molar-refractivity contribution is -0.121. The number of nitrogens with zero attached hydrogens (tertiary/aromatic N) is 1. The van der Waals surface area contributed by atoms with Crippen LogP contribution in [-0.4, -0.2) is 32.2 Å². The van der Waals surface area contributed by atoms with Crippen molar-refractivity contribution in [2.45, 2.75) is 17.9 Å². The third-order valence-electron chi connectivity index (χ3n) is 4.14. The number of fused-ring (bicyclic) bond motifs is 1. The Morgan fingerprint density at radius 2 is 1.85 bits per heavy atom. The van der Waals surface area contributed by atoms with Gasteiger partial charge in [0.05, 0.1) is 17.5 Å². The van der Waals surface area contributed by atoms with Crippen molar-refractivity contribution in [2.75, 3.05) is 13.6 Å². The number of rotatable bonds is 6. The van der Waals surface area contributed by atoms with Gasteiger partial charge in [-0.1, -0.05) is 18.2 Å². The van der Waals surface area contributed by atoms with Gasteiger partial charge in [-0.15, -0.1) is 0 Å². The maximum atomic E-state index is 13.0. The van der Waals surface area contributed by atoms with E-state index in [9.17, 15) is 17.6 Å². The Balaban J connectivity index is 1.66. The van der Waals surface area contributed by atoms with Gasteiger partial charge in [0, 0.05) is 12.4 Å². The van der Waals surface area contributed by atoms with E-state index >= 15 is 0 Å². The normalized spacial score (nSPS) is 13.0. The van der Waals surface area contributed by atoms with Crippen LogP contribution >= 0.6 is 0 Å². The minimum atomic E-state index is -3.89. The molecule has 3 rings (SSSR count). The molecule has 0 fully saturated rings. The molecule has 8 heteroatoms. The van der Waals surface area contributed by atoms with Crippen molar-refractivity contribution >= 4 is 26.9 Å². The van der Waals surface area contributed by atoms with E-state index in [-0.39, 0.29) is 11.4 Å². The Labute approximate surface area is 156 Å². The number of hydrogen-bond donors (Lipinski definition) is 1. The fourth-order valence-electron chi connectivity index (χ4n) is 2.65. The van der Waals surface area contributed by atoms with Gasteiger partial charge in [-0.25, -0.2) is 12.8 Å². The molecule has 0 aliphatic carbocycles. The molecule has 0 aliphatic heterocycles. The van der Waals surface area contributed by atoms with Crippen LogP contribution in [-0.2, 0) is 14.8 Å². The highest BCUT2D eigenvalue weighted by atomic mass is 32.2. The number of hydrogen-bond acceptors (Lipinski definition) is 4. The zero-order valence-corrected chi connectivity index (χ0v) is 15.7. The molecule has 2 aromatic carbocycles. The molecule has 142 valence electrons. The highest BCUT2D eigenvalue weighted by molar-refractivity contribution is 7.89. The van der Waals surface area contributed by atoms with Crippen LogP contribution in [0.3, 0.4) is 0 Å². The van der Waals surface area contributed by atoms with Crippen LogP contribution in [0.5, 0.6) is 0 Å². The van der Waals surface area contributed by atoms with E-state index in [0.717, 1.165) is 34.0 Å². The first kappa shape index (κ1) is 19.1. The molecule has 3 aromatic rings. The van der Waals surface area contributed by atoms with Crippen LogP contribution in [0, 0.1) is 5.82 Å². The first-order valence-electron chi connectivity index (χ1n) is 8.27. The Hall–Kier alpha value is -2.71. The summed E-state index contributed by atoms with van der Waals surface area (Å²) >= 11 is 0. The monoisotopic (exact) mass is 390 g/mol. The summed E-state index contributed by atoms with van der Waals surface area (Å²) in [7, 11) is -2.59. The number of halogens is 1. The van der Waals surface area contributed by atoms with Gasteiger partial charge in [0.25, 0.3) is 0 Å². The number of para-hydroxylation sites is 1. The van der Waals surface area contributed by atoms with Gasteiger partial charge in [-0.3, -0.25) is 4.79 Å². The van der Waals surface area contributed by atoms with Crippen LogP contribution in [0.1, 0.15) is 18.7 Å². The molecule has 1 aromatic heterocycles. The summed E-state index contributed by atoms with van der Waals surface area (Å²) in [6.45, 7) is 1.38. The van der Waals surface area contributed by atoms with Gasteiger partial charge >= 0.3 is 0 Å². The van der Waals surface area contributed by atoms with E-state index in [0.29, 0.717) is 11.3 Å². The van der Waals surface area contributed by atoms with Crippen LogP contribution < -0.4 is 5.32 Å². The first-order chi connectivity index (χ1) is 12.8. The van der Waals surface area contributed by atoms with E-state index in [1.807, 2.05) is 30.3 Å². The zero-order valence-electron chi connectivity index (χ0n) is 14.8. The predicted molar refractivity (Wildman–Crippen MR) is 99.0 cm³/mol. The molecule has 1 amide bonds. The second kappa shape index (κ2) is 7.50. The summed E-state index contributed by atoms with van der Waals surface area (Å²) in [6, 6.07) is 13.3. The number of furan rings is 1. The molecule has 6 nitrogen and oxygen atoms in total. The van der Waals surface area contributed by atoms with Gasteiger partial charge in [0.1, 0.15) is 17.2 Å². The Morgan fingerprint density at radius 3 is 2.52 bits per heavy atom. The number of likely N-dealkylation sites (N-methyl/N-ethyl adjacent to an activating group) is 1. The summed E-state index contributed by atoms with van der Waals surface area (Å²) in [5.41, 5.74) is 0.713. The van der Waals surface area contributed by atoms with Gasteiger partial charge in [-0.2, -0.15) is 4.31 Å². The molecule has 0 spiro atoms. The van der Waals surface area contributed by atoms with Gasteiger partial charge in [-0.05, 0) is 43.3 Å². The molecule has 0 unspecified atom stereocenters. The molecule has 0 radical (unpaired) electrons. The average molecular weight is 390 g/mol. The minimum absolute atomic E-state index is 0.0791. The first-order valence-corrected chi connectivity index (χ1v) is 9.71. The highest BCUT2D eigenvalue weighted by Gasteiger charge is 2.24. The number of nitrogens with one attached hydrogen (secondary N) is 1. The lowest BCUT2D eigenvalue weighted by Gasteiger charge is -2.18. The van der Waals surface area contributed by atoms with Gasteiger partial charge in [0.2, 0.25) is 15.9 Å². The zero-order chi connectivity index (χ0) is 19.6. The summed E-state index contributed by atoms with van der Waals surface area (Å²) in [5, 5.41) is 3.64. The van der Waals surface area contributed by atoms with Gasteiger partial charge in [0.15, 0.2) is 0 Å². The lowest BCUT2D eigenvalue weighted by Crippen LogP contribution is -2.39. The fourth-order valence-corrected chi connectivity index (χ4v) is 3.77. The molecule has 1 heterocycles. The van der Waals surface area contributed by atoms with Crippen LogP contribution in [0.25, 0.3) is 11.0 Å². The van der Waals surface area contributed by atoms with E-state index < -0.39 is 27.8 Å². The third-order valence-corrected chi connectivity index (χ3v) is 5.95. The highest BCUT2D eigenvalue weighted by Crippen LogP contribution is 2.23. The average Bonchev–Trinajstić information content (AvgIpc) is 3.06. The van der Waals surface area contributed by atoms with E-state index in [1.165, 1.54) is 7.05 Å². The smallest absolute Gasteiger partial charge is 0.243 e. The summed E-state index contributed by atoms with van der Waals surface area (Å²) in [5.74, 6) is -0.432. The van der Waals surface area contributed by atoms with Crippen molar-refractivity contribution in [1.29, 1.82) is 0 Å². The molecule has 0 saturated heterocycles. The van der Waals surface area contributed by atoms with Crippen molar-refractivity contribution in [3.63, 3.8) is 0 Å². The molecule has 1 N–H and O–H groups in total. The molecular formula is C19H19FN2O4S. The van der Waals surface area contributed by atoms with Crippen LogP contribution in [0.15, 0.2) is 63.9 Å². The van der Waals surface area contributed by atoms with Gasteiger partial charge < -0.3 is 9.73 Å². The fraction of sp³-hybridized carbons (Fsp3) is 0.211. The van der Waals surface area contributed by atoms with Crippen molar-refractivity contribution < 1.29 is 22.0 Å². The molecule has 0 aliphatic rings. The summed E-state index contributed by atoms with van der Waals surface area (Å²) in [6.07, 6.45) is 0. The minimum Gasteiger partial charge on any atom is -0.459 e. The van der Waals surface area contributed by atoms with Crippen LogP contribution in [0.4, 0.5) is 4.39 Å². The molecule has 0 saturated carbocycles. The number of sulfonamides is 1. The largest absolute Gasteiger partial charge is 0.459 e. The molecule has 27 heavy (non-hydrogen) atoms. The number of benzene rings is 2. The second-order valence-electron chi connectivity index (χ2n) is 6.19. The Kier molecular flexibility index (Phi) is 5.29.